The number of rotatable bonds is 8. The summed E-state index contributed by atoms with van der Waals surface area (Å²) in [7, 11) is -3.93. The highest BCUT2D eigenvalue weighted by atomic mass is 32.2. The van der Waals surface area contributed by atoms with Gasteiger partial charge in [-0.1, -0.05) is 31.9 Å². The maximum Gasteiger partial charge on any atom is 0.266 e. The van der Waals surface area contributed by atoms with Crippen molar-refractivity contribution in [3.8, 4) is 0 Å². The Morgan fingerprint density at radius 1 is 1.17 bits per heavy atom. The first-order valence-electron chi connectivity index (χ1n) is 10.8. The number of piperazine rings is 1. The van der Waals surface area contributed by atoms with Crippen molar-refractivity contribution in [2.75, 3.05) is 44.3 Å². The van der Waals surface area contributed by atoms with Crippen LogP contribution in [0.1, 0.15) is 44.6 Å². The number of carbonyl (C=O) groups excluding carboxylic acids is 1. The fraction of sp³-hybridized carbons (Fsp3) is 0.667. The van der Waals surface area contributed by atoms with Gasteiger partial charge in [-0.3, -0.25) is 10.0 Å². The zero-order valence-corrected chi connectivity index (χ0v) is 18.5. The van der Waals surface area contributed by atoms with Gasteiger partial charge in [-0.25, -0.2) is 13.9 Å². The Bertz CT molecular complexity index is 816. The molecule has 168 valence electrons. The molecule has 2 aliphatic rings. The molecule has 1 aromatic carbocycles. The van der Waals surface area contributed by atoms with Gasteiger partial charge in [-0.05, 0) is 30.5 Å². The highest BCUT2D eigenvalue weighted by Gasteiger charge is 2.54. The number of ether oxygens (including phenoxy) is 1. The molecule has 3 rings (SSSR count). The Balaban J connectivity index is 1.68. The van der Waals surface area contributed by atoms with Crippen molar-refractivity contribution >= 4 is 21.6 Å². The minimum Gasteiger partial charge on any atom is -0.381 e. The summed E-state index contributed by atoms with van der Waals surface area (Å²) in [5.41, 5.74) is 3.98. The first kappa shape index (κ1) is 23.0. The zero-order chi connectivity index (χ0) is 21.6. The number of nitrogens with one attached hydrogen (secondary N) is 1. The lowest BCUT2D eigenvalue weighted by molar-refractivity contribution is -0.134. The van der Waals surface area contributed by atoms with Gasteiger partial charge in [-0.2, -0.15) is 4.31 Å². The first-order valence-corrected chi connectivity index (χ1v) is 12.2. The molecule has 2 aliphatic heterocycles. The molecule has 2 fully saturated rings. The largest absolute Gasteiger partial charge is 0.381 e. The van der Waals surface area contributed by atoms with E-state index in [2.05, 4.69) is 36.1 Å². The number of nitrogens with zero attached hydrogens (tertiary/aromatic N) is 2. The van der Waals surface area contributed by atoms with Crippen LogP contribution >= 0.6 is 0 Å². The van der Waals surface area contributed by atoms with E-state index in [1.807, 2.05) is 0 Å². The number of hydrogen-bond donors (Lipinski definition) is 2. The standard InChI is InChI=1S/C21H33N3O5S/c1-2-3-4-6-18-7-5-8-19(17-18)23-11-13-24(14-12-23)30(27,28)21(20(25)22-26)9-15-29-16-10-21/h5,7-8,17,26H,2-4,6,9-16H2,1H3,(H,22,25). The van der Waals surface area contributed by atoms with Crippen molar-refractivity contribution in [2.24, 2.45) is 0 Å². The van der Waals surface area contributed by atoms with Crippen molar-refractivity contribution in [3.05, 3.63) is 29.8 Å². The van der Waals surface area contributed by atoms with E-state index < -0.39 is 20.7 Å². The average molecular weight is 440 g/mol. The third-order valence-corrected chi connectivity index (χ3v) is 8.86. The Morgan fingerprint density at radius 2 is 1.87 bits per heavy atom. The molecule has 2 saturated heterocycles. The molecule has 2 N–H and O–H groups in total. The number of anilines is 1. The van der Waals surface area contributed by atoms with Crippen molar-refractivity contribution in [2.45, 2.75) is 50.2 Å². The van der Waals surface area contributed by atoms with E-state index in [0.717, 1.165) is 12.1 Å². The summed E-state index contributed by atoms with van der Waals surface area (Å²) in [4.78, 5) is 14.6. The van der Waals surface area contributed by atoms with E-state index in [9.17, 15) is 18.4 Å². The number of benzene rings is 1. The Kier molecular flexibility index (Phi) is 7.73. The molecule has 0 saturated carbocycles. The quantitative estimate of drug-likeness (QED) is 0.365. The molecular formula is C21H33N3O5S. The normalized spacial score (nSPS) is 20.1. The van der Waals surface area contributed by atoms with E-state index in [4.69, 9.17) is 4.74 Å². The fourth-order valence-electron chi connectivity index (χ4n) is 4.33. The molecule has 2 heterocycles. The molecule has 1 aromatic rings. The molecule has 0 radical (unpaired) electrons. The van der Waals surface area contributed by atoms with Crippen molar-refractivity contribution < 1.29 is 23.2 Å². The number of unbranched alkanes of at least 4 members (excludes halogenated alkanes) is 2. The van der Waals surface area contributed by atoms with Crippen molar-refractivity contribution in [1.29, 1.82) is 0 Å². The lowest BCUT2D eigenvalue weighted by atomic mass is 9.98. The van der Waals surface area contributed by atoms with Gasteiger partial charge in [-0.15, -0.1) is 0 Å². The summed E-state index contributed by atoms with van der Waals surface area (Å²) in [5, 5.41) is 9.18. The molecule has 0 bridgehead atoms. The molecule has 0 aromatic heterocycles. The average Bonchev–Trinajstić information content (AvgIpc) is 2.79. The van der Waals surface area contributed by atoms with Crippen LogP contribution in [0.15, 0.2) is 24.3 Å². The lowest BCUT2D eigenvalue weighted by Gasteiger charge is -2.42. The highest BCUT2D eigenvalue weighted by Crippen LogP contribution is 2.34. The fourth-order valence-corrected chi connectivity index (χ4v) is 6.43. The Morgan fingerprint density at radius 3 is 2.50 bits per heavy atom. The number of aryl methyl sites for hydroxylation is 1. The summed E-state index contributed by atoms with van der Waals surface area (Å²) in [6.07, 6.45) is 4.72. The molecule has 0 unspecified atom stereocenters. The number of amides is 1. The van der Waals surface area contributed by atoms with Crippen LogP contribution in [0.5, 0.6) is 0 Å². The maximum atomic E-state index is 13.4. The van der Waals surface area contributed by atoms with Crippen LogP contribution in [0.25, 0.3) is 0 Å². The summed E-state index contributed by atoms with van der Waals surface area (Å²) < 4.78 is 31.8. The predicted molar refractivity (Wildman–Crippen MR) is 115 cm³/mol. The van der Waals surface area contributed by atoms with Gasteiger partial charge in [0.25, 0.3) is 5.91 Å². The second kappa shape index (κ2) is 10.1. The third-order valence-electron chi connectivity index (χ3n) is 6.23. The van der Waals surface area contributed by atoms with Crippen LogP contribution in [0, 0.1) is 0 Å². The van der Waals surface area contributed by atoms with E-state index in [-0.39, 0.29) is 26.1 Å². The number of hydrogen-bond acceptors (Lipinski definition) is 6. The van der Waals surface area contributed by atoms with Crippen LogP contribution in [0.4, 0.5) is 5.69 Å². The molecule has 0 atom stereocenters. The van der Waals surface area contributed by atoms with Gasteiger partial charge < -0.3 is 9.64 Å². The SMILES string of the molecule is CCCCCc1cccc(N2CCN(S(=O)(=O)C3(C(=O)NO)CCOCC3)CC2)c1. The minimum atomic E-state index is -3.93. The zero-order valence-electron chi connectivity index (χ0n) is 17.7. The van der Waals surface area contributed by atoms with Crippen LogP contribution in [0.3, 0.4) is 0 Å². The van der Waals surface area contributed by atoms with Crippen molar-refractivity contribution in [3.63, 3.8) is 0 Å². The van der Waals surface area contributed by atoms with E-state index in [0.29, 0.717) is 26.2 Å². The van der Waals surface area contributed by atoms with Gasteiger partial charge in [0.1, 0.15) is 0 Å². The van der Waals surface area contributed by atoms with Crippen LogP contribution in [-0.4, -0.2) is 68.0 Å². The summed E-state index contributed by atoms with van der Waals surface area (Å²) in [6.45, 7) is 4.29. The monoisotopic (exact) mass is 439 g/mol. The Hall–Kier alpha value is -1.68. The molecule has 0 aliphatic carbocycles. The lowest BCUT2D eigenvalue weighted by Crippen LogP contribution is -2.62. The third kappa shape index (κ3) is 4.64. The second-order valence-electron chi connectivity index (χ2n) is 8.07. The highest BCUT2D eigenvalue weighted by molar-refractivity contribution is 7.91. The van der Waals surface area contributed by atoms with Crippen LogP contribution in [0.2, 0.25) is 0 Å². The molecule has 30 heavy (non-hydrogen) atoms. The number of hydroxylamine groups is 1. The molecule has 9 heteroatoms. The topological polar surface area (TPSA) is 99.2 Å². The van der Waals surface area contributed by atoms with Gasteiger partial charge in [0.2, 0.25) is 10.0 Å². The van der Waals surface area contributed by atoms with Crippen molar-refractivity contribution in [1.82, 2.24) is 9.79 Å². The first-order chi connectivity index (χ1) is 14.4. The number of sulfonamides is 1. The molecule has 1 amide bonds. The molecule has 8 nitrogen and oxygen atoms in total. The summed E-state index contributed by atoms with van der Waals surface area (Å²) in [6, 6.07) is 8.45. The maximum absolute atomic E-state index is 13.4. The van der Waals surface area contributed by atoms with Gasteiger partial charge in [0.15, 0.2) is 4.75 Å². The second-order valence-corrected chi connectivity index (χ2v) is 10.3. The van der Waals surface area contributed by atoms with Gasteiger partial charge >= 0.3 is 0 Å². The summed E-state index contributed by atoms with van der Waals surface area (Å²) in [5.74, 6) is -0.868. The van der Waals surface area contributed by atoms with E-state index in [1.165, 1.54) is 29.1 Å². The van der Waals surface area contributed by atoms with Crippen LogP contribution < -0.4 is 10.4 Å². The Labute approximate surface area is 179 Å². The molecule has 0 spiro atoms. The van der Waals surface area contributed by atoms with E-state index in [1.54, 1.807) is 5.48 Å². The van der Waals surface area contributed by atoms with Gasteiger partial charge in [0, 0.05) is 57.9 Å². The number of carbonyl (C=O) groups is 1. The van der Waals surface area contributed by atoms with Crippen LogP contribution in [-0.2, 0) is 26.0 Å². The minimum absolute atomic E-state index is 0.0434. The smallest absolute Gasteiger partial charge is 0.266 e. The predicted octanol–water partition coefficient (Wildman–Crippen LogP) is 1.93. The summed E-state index contributed by atoms with van der Waals surface area (Å²) >= 11 is 0. The van der Waals surface area contributed by atoms with E-state index >= 15 is 0 Å². The molecular weight excluding hydrogens is 406 g/mol. The van der Waals surface area contributed by atoms with Gasteiger partial charge in [0.05, 0.1) is 0 Å².